The van der Waals surface area contributed by atoms with Gasteiger partial charge in [-0.2, -0.15) is 10.1 Å². The van der Waals surface area contributed by atoms with Crippen molar-refractivity contribution in [3.05, 3.63) is 39.2 Å². The molecule has 2 heterocycles. The minimum absolute atomic E-state index is 0.0420. The molecule has 1 aromatic heterocycles. The Bertz CT molecular complexity index is 833. The molecule has 1 atom stereocenters. The van der Waals surface area contributed by atoms with Crippen molar-refractivity contribution in [2.75, 3.05) is 31.2 Å². The Morgan fingerprint density at radius 2 is 2.12 bits per heavy atom. The highest BCUT2D eigenvalue weighted by Crippen LogP contribution is 2.36. The molecular formula is C16H16BrClFN5O2. The van der Waals surface area contributed by atoms with E-state index in [1.807, 2.05) is 0 Å². The zero-order chi connectivity index (χ0) is 18.7. The Morgan fingerprint density at radius 3 is 2.85 bits per heavy atom. The number of nitrogens with zero attached hydrogens (tertiary/aromatic N) is 5. The summed E-state index contributed by atoms with van der Waals surface area (Å²) >= 11 is 9.29. The summed E-state index contributed by atoms with van der Waals surface area (Å²) in [4.78, 5) is 9.78. The standard InChI is InChI=1S/C16H16BrClFN5O2/c1-9(11-6-10(17)7-12(18)14(11)25)22-23-16-20-8-13(19)15(21-16)24-2-4-26-5-3-24/h6-9,25H,2-5H2,1H3. The Morgan fingerprint density at radius 1 is 1.38 bits per heavy atom. The van der Waals surface area contributed by atoms with Crippen molar-refractivity contribution in [1.29, 1.82) is 0 Å². The number of azo groups is 1. The van der Waals surface area contributed by atoms with Crippen LogP contribution < -0.4 is 4.90 Å². The molecule has 0 aliphatic carbocycles. The van der Waals surface area contributed by atoms with Crippen LogP contribution in [0.3, 0.4) is 0 Å². The number of anilines is 1. The summed E-state index contributed by atoms with van der Waals surface area (Å²) in [6.45, 7) is 3.87. The van der Waals surface area contributed by atoms with E-state index in [2.05, 4.69) is 36.1 Å². The largest absolute Gasteiger partial charge is 0.506 e. The summed E-state index contributed by atoms with van der Waals surface area (Å²) in [5, 5.41) is 18.4. The summed E-state index contributed by atoms with van der Waals surface area (Å²) in [6, 6.07) is 2.79. The maximum Gasteiger partial charge on any atom is 0.270 e. The number of halogens is 3. The number of phenols is 1. The van der Waals surface area contributed by atoms with E-state index in [1.165, 1.54) is 0 Å². The average molecular weight is 445 g/mol. The van der Waals surface area contributed by atoms with Gasteiger partial charge in [-0.15, -0.1) is 5.11 Å². The summed E-state index contributed by atoms with van der Waals surface area (Å²) in [7, 11) is 0. The minimum Gasteiger partial charge on any atom is -0.506 e. The molecule has 1 aliphatic heterocycles. The number of aromatic hydroxyl groups is 1. The van der Waals surface area contributed by atoms with Crippen molar-refractivity contribution in [1.82, 2.24) is 9.97 Å². The SMILES string of the molecule is CC(N=Nc1ncc(F)c(N2CCOCC2)n1)c1cc(Br)cc(Cl)c1O. The van der Waals surface area contributed by atoms with Gasteiger partial charge in [0.05, 0.1) is 30.5 Å². The van der Waals surface area contributed by atoms with E-state index >= 15 is 0 Å². The molecule has 0 saturated carbocycles. The van der Waals surface area contributed by atoms with Crippen LogP contribution in [0.4, 0.5) is 16.2 Å². The molecule has 138 valence electrons. The van der Waals surface area contributed by atoms with E-state index in [0.29, 0.717) is 36.3 Å². The highest BCUT2D eigenvalue weighted by atomic mass is 79.9. The van der Waals surface area contributed by atoms with Gasteiger partial charge in [0.25, 0.3) is 5.95 Å². The Kier molecular flexibility index (Phi) is 6.00. The van der Waals surface area contributed by atoms with E-state index in [-0.39, 0.29) is 22.5 Å². The van der Waals surface area contributed by atoms with Crippen LogP contribution in [0.5, 0.6) is 5.75 Å². The summed E-state index contributed by atoms with van der Waals surface area (Å²) in [5.74, 6) is -0.357. The van der Waals surface area contributed by atoms with Crippen molar-refractivity contribution < 1.29 is 14.2 Å². The molecule has 3 rings (SSSR count). The monoisotopic (exact) mass is 443 g/mol. The number of hydrogen-bond acceptors (Lipinski definition) is 7. The lowest BCUT2D eigenvalue weighted by Crippen LogP contribution is -2.37. The third-order valence-electron chi connectivity index (χ3n) is 3.85. The highest BCUT2D eigenvalue weighted by Gasteiger charge is 2.18. The van der Waals surface area contributed by atoms with Gasteiger partial charge in [-0.05, 0) is 19.1 Å². The molecule has 1 aliphatic rings. The van der Waals surface area contributed by atoms with Crippen molar-refractivity contribution in [3.8, 4) is 5.75 Å². The lowest BCUT2D eigenvalue weighted by Gasteiger charge is -2.27. The molecular weight excluding hydrogens is 429 g/mol. The molecule has 1 unspecified atom stereocenters. The predicted octanol–water partition coefficient (Wildman–Crippen LogP) is 4.42. The molecule has 1 N–H and O–H groups in total. The first-order valence-electron chi connectivity index (χ1n) is 7.89. The second-order valence-electron chi connectivity index (χ2n) is 5.66. The molecule has 1 aromatic carbocycles. The van der Waals surface area contributed by atoms with Crippen LogP contribution in [-0.2, 0) is 4.74 Å². The third-order valence-corrected chi connectivity index (χ3v) is 4.60. The normalized spacial score (nSPS) is 16.2. The molecule has 7 nitrogen and oxygen atoms in total. The smallest absolute Gasteiger partial charge is 0.270 e. The van der Waals surface area contributed by atoms with Crippen molar-refractivity contribution in [3.63, 3.8) is 0 Å². The zero-order valence-corrected chi connectivity index (χ0v) is 16.2. The van der Waals surface area contributed by atoms with Gasteiger partial charge in [-0.25, -0.2) is 9.37 Å². The molecule has 10 heteroatoms. The molecule has 0 bridgehead atoms. The van der Waals surface area contributed by atoms with Crippen molar-refractivity contribution >= 4 is 39.3 Å². The number of ether oxygens (including phenoxy) is 1. The van der Waals surface area contributed by atoms with E-state index in [0.717, 1.165) is 6.20 Å². The summed E-state index contributed by atoms with van der Waals surface area (Å²) in [5.41, 5.74) is 0.503. The Labute approximate surface area is 163 Å². The van der Waals surface area contributed by atoms with Gasteiger partial charge in [0.1, 0.15) is 5.75 Å². The molecule has 0 radical (unpaired) electrons. The van der Waals surface area contributed by atoms with Crippen LogP contribution >= 0.6 is 27.5 Å². The second kappa shape index (κ2) is 8.24. The van der Waals surface area contributed by atoms with E-state index in [4.69, 9.17) is 16.3 Å². The fraction of sp³-hybridized carbons (Fsp3) is 0.375. The summed E-state index contributed by atoms with van der Waals surface area (Å²) in [6.07, 6.45) is 1.07. The van der Waals surface area contributed by atoms with Gasteiger partial charge < -0.3 is 14.7 Å². The molecule has 0 amide bonds. The number of aromatic nitrogens is 2. The lowest BCUT2D eigenvalue weighted by molar-refractivity contribution is 0.122. The third kappa shape index (κ3) is 4.28. The Hall–Kier alpha value is -1.84. The van der Waals surface area contributed by atoms with Crippen LogP contribution in [0.1, 0.15) is 18.5 Å². The second-order valence-corrected chi connectivity index (χ2v) is 6.98. The molecule has 2 aromatic rings. The fourth-order valence-corrected chi connectivity index (χ4v) is 3.33. The van der Waals surface area contributed by atoms with Crippen LogP contribution in [0, 0.1) is 5.82 Å². The van der Waals surface area contributed by atoms with Gasteiger partial charge >= 0.3 is 0 Å². The lowest BCUT2D eigenvalue weighted by atomic mass is 10.1. The number of phenolic OH excluding ortho intramolecular Hbond substituents is 1. The highest BCUT2D eigenvalue weighted by molar-refractivity contribution is 9.10. The van der Waals surface area contributed by atoms with Gasteiger partial charge in [0.15, 0.2) is 11.6 Å². The molecule has 26 heavy (non-hydrogen) atoms. The van der Waals surface area contributed by atoms with Crippen LogP contribution in [-0.4, -0.2) is 41.4 Å². The first-order valence-corrected chi connectivity index (χ1v) is 9.07. The van der Waals surface area contributed by atoms with E-state index < -0.39 is 11.9 Å². The van der Waals surface area contributed by atoms with Crippen molar-refractivity contribution in [2.24, 2.45) is 10.2 Å². The van der Waals surface area contributed by atoms with Gasteiger partial charge in [-0.3, -0.25) is 0 Å². The van der Waals surface area contributed by atoms with Crippen LogP contribution in [0.2, 0.25) is 5.02 Å². The number of rotatable bonds is 4. The minimum atomic E-state index is -0.518. The molecule has 1 saturated heterocycles. The number of benzene rings is 1. The topological polar surface area (TPSA) is 83.2 Å². The predicted molar refractivity (Wildman–Crippen MR) is 98.8 cm³/mol. The molecule has 0 spiro atoms. The fourth-order valence-electron chi connectivity index (χ4n) is 2.50. The van der Waals surface area contributed by atoms with Gasteiger partial charge in [-0.1, -0.05) is 27.5 Å². The van der Waals surface area contributed by atoms with Crippen molar-refractivity contribution in [2.45, 2.75) is 13.0 Å². The maximum absolute atomic E-state index is 14.0. The van der Waals surface area contributed by atoms with Gasteiger partial charge in [0.2, 0.25) is 0 Å². The first-order chi connectivity index (χ1) is 12.5. The quantitative estimate of drug-likeness (QED) is 0.706. The number of hydrogen-bond donors (Lipinski definition) is 1. The van der Waals surface area contributed by atoms with Crippen LogP contribution in [0.15, 0.2) is 33.0 Å². The maximum atomic E-state index is 14.0. The number of morpholine rings is 1. The zero-order valence-electron chi connectivity index (χ0n) is 13.9. The average Bonchev–Trinajstić information content (AvgIpc) is 2.64. The Balaban J connectivity index is 1.82. The van der Waals surface area contributed by atoms with Gasteiger partial charge in [0, 0.05) is 23.1 Å². The molecule has 1 fully saturated rings. The van der Waals surface area contributed by atoms with Crippen LogP contribution in [0.25, 0.3) is 0 Å². The van der Waals surface area contributed by atoms with E-state index in [9.17, 15) is 9.50 Å². The summed E-state index contributed by atoms with van der Waals surface area (Å²) < 4.78 is 20.0. The first kappa shape index (κ1) is 18.9. The van der Waals surface area contributed by atoms with E-state index in [1.54, 1.807) is 24.0 Å².